The molecular weight excluding hydrogens is 268 g/mol. The number of benzene rings is 1. The van der Waals surface area contributed by atoms with Gasteiger partial charge in [0.25, 0.3) is 0 Å². The Morgan fingerprint density at radius 1 is 1.53 bits per heavy atom. The van der Waals surface area contributed by atoms with Crippen LogP contribution in [0.5, 0.6) is 5.75 Å². The normalized spacial score (nSPS) is 13.5. The third-order valence-corrected chi connectivity index (χ3v) is 3.25. The van der Waals surface area contributed by atoms with Crippen molar-refractivity contribution in [3.05, 3.63) is 23.2 Å². The Morgan fingerprint density at radius 3 is 2.68 bits per heavy atom. The van der Waals surface area contributed by atoms with Gasteiger partial charge in [-0.3, -0.25) is 0 Å². The van der Waals surface area contributed by atoms with Gasteiger partial charge in [0.1, 0.15) is 5.75 Å². The molecule has 106 valence electrons. The number of urea groups is 1. The summed E-state index contributed by atoms with van der Waals surface area (Å²) >= 11 is 5.96. The first kappa shape index (κ1) is 15.6. The van der Waals surface area contributed by atoms with E-state index in [-0.39, 0.29) is 12.6 Å². The molecule has 0 bridgehead atoms. The van der Waals surface area contributed by atoms with Gasteiger partial charge in [0.05, 0.1) is 24.3 Å². The molecule has 3 N–H and O–H groups in total. The van der Waals surface area contributed by atoms with Crippen molar-refractivity contribution in [2.24, 2.45) is 0 Å². The molecule has 1 atom stereocenters. The first-order valence-electron chi connectivity index (χ1n) is 5.97. The predicted molar refractivity (Wildman–Crippen MR) is 75.9 cm³/mol. The van der Waals surface area contributed by atoms with E-state index in [0.717, 1.165) is 0 Å². The monoisotopic (exact) mass is 286 g/mol. The van der Waals surface area contributed by atoms with Crippen molar-refractivity contribution < 1.29 is 14.6 Å². The Labute approximate surface area is 117 Å². The van der Waals surface area contributed by atoms with Crippen LogP contribution in [-0.4, -0.2) is 30.4 Å². The lowest BCUT2D eigenvalue weighted by atomic mass is 10.0. The summed E-state index contributed by atoms with van der Waals surface area (Å²) in [4.78, 5) is 11.8. The molecule has 0 aliphatic rings. The lowest BCUT2D eigenvalue weighted by Gasteiger charge is -2.27. The van der Waals surface area contributed by atoms with Crippen LogP contribution in [0.4, 0.5) is 10.5 Å². The maximum atomic E-state index is 11.8. The van der Waals surface area contributed by atoms with Gasteiger partial charge in [-0.05, 0) is 31.5 Å². The second-order valence-electron chi connectivity index (χ2n) is 4.50. The average molecular weight is 287 g/mol. The largest absolute Gasteiger partial charge is 0.495 e. The van der Waals surface area contributed by atoms with Crippen molar-refractivity contribution >= 4 is 23.3 Å². The lowest BCUT2D eigenvalue weighted by molar-refractivity contribution is 0.172. The first-order valence-corrected chi connectivity index (χ1v) is 6.35. The Bertz CT molecular complexity index is 448. The molecule has 1 aromatic carbocycles. The summed E-state index contributed by atoms with van der Waals surface area (Å²) in [5.41, 5.74) is -0.0833. The smallest absolute Gasteiger partial charge is 0.319 e. The second kappa shape index (κ2) is 6.63. The van der Waals surface area contributed by atoms with Crippen molar-refractivity contribution in [3.63, 3.8) is 0 Å². The standard InChI is InChI=1S/C13H19ClN2O3/c1-4-13(2,8-17)16-12(18)15-9-5-6-11(19-3)10(14)7-9/h5-7,17H,4,8H2,1-3H3,(H2,15,16,18). The van der Waals surface area contributed by atoms with Crippen LogP contribution in [0.15, 0.2) is 18.2 Å². The van der Waals surface area contributed by atoms with Gasteiger partial charge in [-0.1, -0.05) is 18.5 Å². The highest BCUT2D eigenvalue weighted by atomic mass is 35.5. The molecule has 0 radical (unpaired) electrons. The highest BCUT2D eigenvalue weighted by Gasteiger charge is 2.23. The second-order valence-corrected chi connectivity index (χ2v) is 4.91. The number of hydrogen-bond acceptors (Lipinski definition) is 3. The number of ether oxygens (including phenoxy) is 1. The van der Waals surface area contributed by atoms with Crippen LogP contribution in [-0.2, 0) is 0 Å². The molecule has 1 rings (SSSR count). The number of nitrogens with one attached hydrogen (secondary N) is 2. The van der Waals surface area contributed by atoms with Gasteiger partial charge in [0.2, 0.25) is 0 Å². The minimum Gasteiger partial charge on any atom is -0.495 e. The maximum Gasteiger partial charge on any atom is 0.319 e. The van der Waals surface area contributed by atoms with E-state index < -0.39 is 5.54 Å². The van der Waals surface area contributed by atoms with Crippen molar-refractivity contribution in [3.8, 4) is 5.75 Å². The zero-order valence-corrected chi connectivity index (χ0v) is 12.0. The van der Waals surface area contributed by atoms with Crippen LogP contribution in [0.25, 0.3) is 0 Å². The van der Waals surface area contributed by atoms with Gasteiger partial charge in [0.15, 0.2) is 0 Å². The van der Waals surface area contributed by atoms with Gasteiger partial charge < -0.3 is 20.5 Å². The Hall–Kier alpha value is -1.46. The minimum atomic E-state index is -0.639. The number of rotatable bonds is 5. The molecule has 0 saturated heterocycles. The third kappa shape index (κ3) is 4.29. The minimum absolute atomic E-state index is 0.125. The molecule has 2 amide bonds. The molecule has 5 nitrogen and oxygen atoms in total. The summed E-state index contributed by atoms with van der Waals surface area (Å²) in [5.74, 6) is 0.543. The first-order chi connectivity index (χ1) is 8.94. The fourth-order valence-corrected chi connectivity index (χ4v) is 1.68. The number of methoxy groups -OCH3 is 1. The van der Waals surface area contributed by atoms with E-state index >= 15 is 0 Å². The van der Waals surface area contributed by atoms with E-state index in [4.69, 9.17) is 16.3 Å². The molecule has 0 saturated carbocycles. The number of aliphatic hydroxyl groups is 1. The molecule has 6 heteroatoms. The highest BCUT2D eigenvalue weighted by molar-refractivity contribution is 6.32. The Morgan fingerprint density at radius 2 is 2.21 bits per heavy atom. The molecule has 0 aromatic heterocycles. The predicted octanol–water partition coefficient (Wildman–Crippen LogP) is 2.63. The molecular formula is C13H19ClN2O3. The van der Waals surface area contributed by atoms with Crippen LogP contribution in [0.2, 0.25) is 5.02 Å². The summed E-state index contributed by atoms with van der Waals surface area (Å²) in [6.07, 6.45) is 0.625. The van der Waals surface area contributed by atoms with Crippen LogP contribution >= 0.6 is 11.6 Å². The fourth-order valence-electron chi connectivity index (χ4n) is 1.42. The number of anilines is 1. The van der Waals surface area contributed by atoms with Crippen LogP contribution in [0, 0.1) is 0 Å². The van der Waals surface area contributed by atoms with E-state index in [9.17, 15) is 9.90 Å². The van der Waals surface area contributed by atoms with E-state index in [0.29, 0.717) is 22.9 Å². The van der Waals surface area contributed by atoms with Crippen molar-refractivity contribution in [1.29, 1.82) is 0 Å². The van der Waals surface area contributed by atoms with Gasteiger partial charge in [0, 0.05) is 5.69 Å². The van der Waals surface area contributed by atoms with Crippen molar-refractivity contribution in [1.82, 2.24) is 5.32 Å². The van der Waals surface area contributed by atoms with Gasteiger partial charge in [-0.25, -0.2) is 4.79 Å². The molecule has 0 aliphatic heterocycles. The fraction of sp³-hybridized carbons (Fsp3) is 0.462. The molecule has 1 unspecified atom stereocenters. The summed E-state index contributed by atoms with van der Waals surface area (Å²) in [6, 6.07) is 4.57. The third-order valence-electron chi connectivity index (χ3n) is 2.95. The molecule has 0 spiro atoms. The van der Waals surface area contributed by atoms with Gasteiger partial charge in [-0.15, -0.1) is 0 Å². The maximum absolute atomic E-state index is 11.8. The zero-order valence-electron chi connectivity index (χ0n) is 11.3. The lowest BCUT2D eigenvalue weighted by Crippen LogP contribution is -2.50. The molecule has 0 aliphatic carbocycles. The van der Waals surface area contributed by atoms with Crippen LogP contribution < -0.4 is 15.4 Å². The van der Waals surface area contributed by atoms with Gasteiger partial charge >= 0.3 is 6.03 Å². The molecule has 0 fully saturated rings. The zero-order chi connectivity index (χ0) is 14.5. The Kier molecular flexibility index (Phi) is 5.44. The molecule has 0 heterocycles. The van der Waals surface area contributed by atoms with E-state index in [1.807, 2.05) is 6.92 Å². The summed E-state index contributed by atoms with van der Waals surface area (Å²) in [5, 5.41) is 15.0. The summed E-state index contributed by atoms with van der Waals surface area (Å²) in [7, 11) is 1.52. The quantitative estimate of drug-likeness (QED) is 0.779. The SMILES string of the molecule is CCC(C)(CO)NC(=O)Nc1ccc(OC)c(Cl)c1. The number of aliphatic hydroxyl groups excluding tert-OH is 1. The number of hydrogen-bond donors (Lipinski definition) is 3. The van der Waals surface area contributed by atoms with Crippen LogP contribution in [0.1, 0.15) is 20.3 Å². The number of halogens is 1. The average Bonchev–Trinajstić information content (AvgIpc) is 2.38. The van der Waals surface area contributed by atoms with E-state index in [1.165, 1.54) is 7.11 Å². The van der Waals surface area contributed by atoms with E-state index in [1.54, 1.807) is 25.1 Å². The van der Waals surface area contributed by atoms with Crippen molar-refractivity contribution in [2.45, 2.75) is 25.8 Å². The van der Waals surface area contributed by atoms with Crippen molar-refractivity contribution in [2.75, 3.05) is 19.0 Å². The van der Waals surface area contributed by atoms with Crippen LogP contribution in [0.3, 0.4) is 0 Å². The summed E-state index contributed by atoms with van der Waals surface area (Å²) in [6.45, 7) is 3.54. The van der Waals surface area contributed by atoms with E-state index in [2.05, 4.69) is 10.6 Å². The molecule has 19 heavy (non-hydrogen) atoms. The Balaban J connectivity index is 2.70. The summed E-state index contributed by atoms with van der Waals surface area (Å²) < 4.78 is 5.03. The number of carbonyl (C=O) groups is 1. The van der Waals surface area contributed by atoms with Gasteiger partial charge in [-0.2, -0.15) is 0 Å². The molecule has 1 aromatic rings. The highest BCUT2D eigenvalue weighted by Crippen LogP contribution is 2.27. The number of amides is 2. The topological polar surface area (TPSA) is 70.6 Å². The number of carbonyl (C=O) groups excluding carboxylic acids is 1.